The standard InChI is InChI=1S/C72H84N10O6S2/c1-45(73-3)65(83)79-63(51-31-19-9-20-32-51)71(87)81-41-55(39-59(81)69-77-57(43-89-69)61(47-23-11-5-12-24-47)48-25-13-6-14-26-48)75-67(85)53-35-37-54(38-36-53)68(86)76-56-40-60(82(42-56)72(88)64(52-33-21-10-22-34-52)80-66(84)46(2)74-4)70-78-58(44-90-70)62(49-27-15-7-16-28-49)50-29-17-8-18-30-50/h5-8,11-18,23-30,35-38,43-46,51-52,55-56,59-64,73-74H,9-10,19-22,31-34,39-42H2,1-4H3,(H,75,85)(H,76,86)(H,79,83)(H,80,84)/t45-,46-,55-,56-,59-,60-,63-,64-/m0/s1. The van der Waals surface area contributed by atoms with Gasteiger partial charge in [-0.05, 0) is 125 Å². The average molecular weight is 1250 g/mol. The molecule has 2 aliphatic heterocycles. The Morgan fingerprint density at radius 2 is 0.778 bits per heavy atom. The molecule has 4 fully saturated rings. The van der Waals surface area contributed by atoms with Crippen molar-refractivity contribution in [1.82, 2.24) is 51.7 Å². The van der Waals surface area contributed by atoms with E-state index in [1.807, 2.05) is 82.6 Å². The van der Waals surface area contributed by atoms with E-state index in [0.717, 1.165) is 108 Å². The summed E-state index contributed by atoms with van der Waals surface area (Å²) in [5.74, 6) is -1.92. The lowest BCUT2D eigenvalue weighted by Gasteiger charge is -2.35. The van der Waals surface area contributed by atoms with Gasteiger partial charge in [0.15, 0.2) is 0 Å². The first-order chi connectivity index (χ1) is 43.8. The Morgan fingerprint density at radius 1 is 0.456 bits per heavy atom. The second-order valence-electron chi connectivity index (χ2n) is 24.9. The second-order valence-corrected chi connectivity index (χ2v) is 26.7. The fourth-order valence-corrected chi connectivity index (χ4v) is 15.8. The maximum atomic E-state index is 15.3. The zero-order chi connectivity index (χ0) is 62.7. The molecule has 90 heavy (non-hydrogen) atoms. The molecule has 18 heteroatoms. The van der Waals surface area contributed by atoms with Crippen LogP contribution in [0.15, 0.2) is 156 Å². The Labute approximate surface area is 536 Å². The van der Waals surface area contributed by atoms with Crippen LogP contribution in [-0.2, 0) is 19.2 Å². The Morgan fingerprint density at radius 3 is 1.09 bits per heavy atom. The number of likely N-dealkylation sites (N-methyl/N-ethyl adjacent to an activating group) is 2. The summed E-state index contributed by atoms with van der Waals surface area (Å²) < 4.78 is 0. The quantitative estimate of drug-likeness (QED) is 0.0379. The Kier molecular flexibility index (Phi) is 21.1. The van der Waals surface area contributed by atoms with Gasteiger partial charge >= 0.3 is 0 Å². The first-order valence-electron chi connectivity index (χ1n) is 32.2. The number of amides is 6. The fraction of sp³-hybridized carbons (Fsp3) is 0.417. The number of thiazole rings is 2. The van der Waals surface area contributed by atoms with Crippen LogP contribution in [0.4, 0.5) is 0 Å². The minimum atomic E-state index is -0.750. The van der Waals surface area contributed by atoms with E-state index in [0.29, 0.717) is 24.0 Å². The normalized spacial score (nSPS) is 20.3. The van der Waals surface area contributed by atoms with Gasteiger partial charge in [-0.3, -0.25) is 28.8 Å². The molecule has 2 aliphatic carbocycles. The maximum Gasteiger partial charge on any atom is 0.251 e. The highest BCUT2D eigenvalue weighted by Crippen LogP contribution is 2.42. The molecule has 16 nitrogen and oxygen atoms in total. The molecule has 7 aromatic rings. The van der Waals surface area contributed by atoms with Crippen LogP contribution in [0.5, 0.6) is 0 Å². The summed E-state index contributed by atoms with van der Waals surface area (Å²) in [4.78, 5) is 101. The SMILES string of the molecule is CN[C@@H](C)C(=O)N[C@H](C(=O)N1C[C@@H](NC(=O)c2ccc(C(=O)N[C@H]3C[C@@H](c4nc(C(c5ccccc5)c5ccccc5)cs4)N(C(=O)[C@@H](NC(=O)[C@H](C)NC)C4CCCCC4)C3)cc2)C[C@H]1c1nc(C(c2ccccc2)c2ccccc2)cs1)C1CCCCC1. The summed E-state index contributed by atoms with van der Waals surface area (Å²) in [5.41, 5.74) is 6.79. The van der Waals surface area contributed by atoms with Gasteiger partial charge in [-0.2, -0.15) is 0 Å². The van der Waals surface area contributed by atoms with Gasteiger partial charge in [0, 0.05) is 47.1 Å². The highest BCUT2D eigenvalue weighted by molar-refractivity contribution is 7.10. The molecule has 4 aliphatic rings. The fourth-order valence-electron chi connectivity index (χ4n) is 13.8. The summed E-state index contributed by atoms with van der Waals surface area (Å²) in [6, 6.07) is 43.3. The number of nitrogens with one attached hydrogen (secondary N) is 6. The van der Waals surface area contributed by atoms with Gasteiger partial charge < -0.3 is 41.7 Å². The lowest BCUT2D eigenvalue weighted by molar-refractivity contribution is -0.139. The number of rotatable bonds is 22. The summed E-state index contributed by atoms with van der Waals surface area (Å²) in [6.07, 6.45) is 10.2. The van der Waals surface area contributed by atoms with E-state index in [-0.39, 0.29) is 72.2 Å². The lowest BCUT2D eigenvalue weighted by atomic mass is 9.83. The minimum absolute atomic E-state index is 0.0389. The number of benzene rings is 5. The summed E-state index contributed by atoms with van der Waals surface area (Å²) >= 11 is 3.01. The molecule has 0 spiro atoms. The van der Waals surface area contributed by atoms with Crippen molar-refractivity contribution in [3.8, 4) is 0 Å². The zero-order valence-corrected chi connectivity index (χ0v) is 53.5. The van der Waals surface area contributed by atoms with Gasteiger partial charge in [0.05, 0.1) is 47.4 Å². The van der Waals surface area contributed by atoms with Gasteiger partial charge in [-0.15, -0.1) is 22.7 Å². The number of aromatic nitrogens is 2. The van der Waals surface area contributed by atoms with E-state index in [9.17, 15) is 19.2 Å². The van der Waals surface area contributed by atoms with E-state index in [2.05, 4.69) is 91.2 Å². The molecular formula is C72H84N10O6S2. The molecule has 5 aromatic carbocycles. The molecule has 4 heterocycles. The molecule has 6 amide bonds. The van der Waals surface area contributed by atoms with Crippen LogP contribution in [0.3, 0.4) is 0 Å². The largest absolute Gasteiger partial charge is 0.347 e. The zero-order valence-electron chi connectivity index (χ0n) is 51.9. The highest BCUT2D eigenvalue weighted by Gasteiger charge is 2.46. The monoisotopic (exact) mass is 1250 g/mol. The molecule has 0 radical (unpaired) electrons. The van der Waals surface area contributed by atoms with Crippen molar-refractivity contribution in [2.24, 2.45) is 11.8 Å². The van der Waals surface area contributed by atoms with E-state index >= 15 is 9.59 Å². The number of nitrogens with zero attached hydrogens (tertiary/aromatic N) is 4. The van der Waals surface area contributed by atoms with Crippen molar-refractivity contribution in [3.63, 3.8) is 0 Å². The van der Waals surface area contributed by atoms with Crippen molar-refractivity contribution >= 4 is 58.1 Å². The number of hydrogen-bond acceptors (Lipinski definition) is 12. The molecule has 6 N–H and O–H groups in total. The van der Waals surface area contributed by atoms with Crippen LogP contribution >= 0.6 is 22.7 Å². The van der Waals surface area contributed by atoms with Gasteiger partial charge in [0.2, 0.25) is 23.6 Å². The molecule has 2 saturated heterocycles. The predicted octanol–water partition coefficient (Wildman–Crippen LogP) is 10.4. The number of carbonyl (C=O) groups excluding carboxylic acids is 6. The highest BCUT2D eigenvalue weighted by atomic mass is 32.1. The third-order valence-corrected chi connectivity index (χ3v) is 21.0. The Hall–Kier alpha value is -7.90. The number of likely N-dealkylation sites (tertiary alicyclic amines) is 2. The van der Waals surface area contributed by atoms with Crippen molar-refractivity contribution in [2.45, 2.75) is 151 Å². The molecule has 0 bridgehead atoms. The molecule has 470 valence electrons. The summed E-state index contributed by atoms with van der Waals surface area (Å²) in [5, 5.41) is 24.5. The molecule has 2 saturated carbocycles. The minimum Gasteiger partial charge on any atom is -0.347 e. The Balaban J connectivity index is 0.829. The van der Waals surface area contributed by atoms with E-state index in [1.165, 1.54) is 22.7 Å². The first-order valence-corrected chi connectivity index (χ1v) is 34.0. The third kappa shape index (κ3) is 14.8. The second kappa shape index (κ2) is 29.8. The van der Waals surface area contributed by atoms with Crippen LogP contribution in [0.1, 0.15) is 179 Å². The predicted molar refractivity (Wildman–Crippen MR) is 353 cm³/mol. The summed E-state index contributed by atoms with van der Waals surface area (Å²) in [7, 11) is 3.46. The third-order valence-electron chi connectivity index (χ3n) is 19.0. The number of hydrogen-bond donors (Lipinski definition) is 6. The Bertz CT molecular complexity index is 3230. The van der Waals surface area contributed by atoms with Crippen molar-refractivity contribution in [1.29, 1.82) is 0 Å². The van der Waals surface area contributed by atoms with Gasteiger partial charge in [-0.1, -0.05) is 160 Å². The summed E-state index contributed by atoms with van der Waals surface area (Å²) in [6.45, 7) is 3.99. The van der Waals surface area contributed by atoms with Crippen LogP contribution < -0.4 is 31.9 Å². The van der Waals surface area contributed by atoms with Gasteiger partial charge in [0.25, 0.3) is 11.8 Å². The average Bonchev–Trinajstić information content (AvgIpc) is 1.73. The smallest absolute Gasteiger partial charge is 0.251 e. The molecule has 8 atom stereocenters. The molecule has 11 rings (SSSR count). The molecule has 0 unspecified atom stereocenters. The van der Waals surface area contributed by atoms with E-state index < -0.39 is 48.3 Å². The molecule has 2 aromatic heterocycles. The number of carbonyl (C=O) groups is 6. The van der Waals surface area contributed by atoms with E-state index in [1.54, 1.807) is 52.2 Å². The maximum absolute atomic E-state index is 15.3. The van der Waals surface area contributed by atoms with Gasteiger partial charge in [-0.25, -0.2) is 9.97 Å². The van der Waals surface area contributed by atoms with Crippen molar-refractivity contribution in [3.05, 3.63) is 211 Å². The topological polar surface area (TPSA) is 207 Å². The first kappa shape index (κ1) is 63.7. The van der Waals surface area contributed by atoms with Crippen LogP contribution in [-0.4, -0.2) is 119 Å². The van der Waals surface area contributed by atoms with E-state index in [4.69, 9.17) is 9.97 Å². The van der Waals surface area contributed by atoms with Crippen LogP contribution in [0.2, 0.25) is 0 Å². The van der Waals surface area contributed by atoms with Crippen LogP contribution in [0, 0.1) is 11.8 Å². The van der Waals surface area contributed by atoms with Crippen LogP contribution in [0.25, 0.3) is 0 Å². The van der Waals surface area contributed by atoms with Gasteiger partial charge in [0.1, 0.15) is 22.1 Å². The van der Waals surface area contributed by atoms with Crippen molar-refractivity contribution in [2.75, 3.05) is 27.2 Å². The molecular weight excluding hydrogens is 1160 g/mol. The lowest BCUT2D eigenvalue weighted by Crippen LogP contribution is -2.56. The van der Waals surface area contributed by atoms with Crippen molar-refractivity contribution < 1.29 is 28.8 Å².